The van der Waals surface area contributed by atoms with Crippen LogP contribution in [-0.4, -0.2) is 164 Å². The predicted octanol–water partition coefficient (Wildman–Crippen LogP) is 20.7. The van der Waals surface area contributed by atoms with E-state index in [9.17, 15) is 57.5 Å². The first-order valence-corrected chi connectivity index (χ1v) is 47.2. The van der Waals surface area contributed by atoms with Crippen LogP contribution in [0.2, 0.25) is 0 Å². The summed E-state index contributed by atoms with van der Waals surface area (Å²) in [6.45, 7) is 27.1. The summed E-state index contributed by atoms with van der Waals surface area (Å²) in [6.07, 6.45) is 23.0. The van der Waals surface area contributed by atoms with Gasteiger partial charge in [0.15, 0.2) is 0 Å². The van der Waals surface area contributed by atoms with Gasteiger partial charge in [0.1, 0.15) is 57.5 Å². The summed E-state index contributed by atoms with van der Waals surface area (Å²) in [6, 6.07) is 58.9. The van der Waals surface area contributed by atoms with Crippen molar-refractivity contribution in [2.45, 2.75) is 135 Å². The van der Waals surface area contributed by atoms with E-state index < -0.39 is 71.6 Å². The van der Waals surface area contributed by atoms with Gasteiger partial charge >= 0.3 is 71.6 Å². The van der Waals surface area contributed by atoms with Crippen LogP contribution in [0.1, 0.15) is 194 Å². The Labute approximate surface area is 833 Å². The van der Waals surface area contributed by atoms with E-state index in [0.29, 0.717) is 188 Å². The van der Waals surface area contributed by atoms with E-state index in [1.54, 1.807) is 207 Å². The van der Waals surface area contributed by atoms with Crippen LogP contribution in [0.5, 0.6) is 57.5 Å². The fourth-order valence-electron chi connectivity index (χ4n) is 12.6. The summed E-state index contributed by atoms with van der Waals surface area (Å²) >= 11 is 0. The lowest BCUT2D eigenvalue weighted by Crippen LogP contribution is -2.10. The van der Waals surface area contributed by atoms with Gasteiger partial charge in [0.25, 0.3) is 0 Å². The molecular formula is C113H124O30. The van der Waals surface area contributed by atoms with Gasteiger partial charge in [-0.25, -0.2) is 57.5 Å². The van der Waals surface area contributed by atoms with Crippen molar-refractivity contribution in [3.05, 3.63) is 338 Å². The molecule has 0 atom stereocenters. The lowest BCUT2D eigenvalue weighted by molar-refractivity contribution is -0.138. The smallest absolute Gasteiger partial charge is 0.343 e. The van der Waals surface area contributed by atoms with E-state index in [0.717, 1.165) is 150 Å². The highest BCUT2D eigenvalue weighted by Crippen LogP contribution is 2.28. The van der Waals surface area contributed by atoms with Gasteiger partial charge in [0, 0.05) is 62.1 Å². The first-order valence-electron chi connectivity index (χ1n) is 47.2. The quantitative estimate of drug-likeness (QED) is 0.0112. The lowest BCUT2D eigenvalue weighted by Gasteiger charge is -2.11. The first-order chi connectivity index (χ1) is 69.5. The van der Waals surface area contributed by atoms with Crippen molar-refractivity contribution in [2.75, 3.05) is 92.5 Å². The lowest BCUT2D eigenvalue weighted by atomic mass is 10.1. The second-order valence-electron chi connectivity index (χ2n) is 31.4. The molecule has 0 saturated carbocycles. The number of aryl methyl sites for hydroxylation is 1. The van der Waals surface area contributed by atoms with Gasteiger partial charge in [-0.05, 0) is 314 Å². The number of carbonyl (C=O) groups excluding carboxylic acids is 12. The summed E-state index contributed by atoms with van der Waals surface area (Å²) in [5.74, 6) is -0.232. The van der Waals surface area contributed by atoms with Crippen LogP contribution >= 0.6 is 0 Å². The number of rotatable bonds is 64. The Bertz CT molecular complexity index is 5490. The fraction of sp³-hybridized carbons (Fsp3) is 0.310. The third-order valence-corrected chi connectivity index (χ3v) is 20.4. The number of benzene rings is 9. The Hall–Kier alpha value is -16.1. The molecule has 0 aliphatic heterocycles. The molecule has 143 heavy (non-hydrogen) atoms. The monoisotopic (exact) mass is 1960 g/mol. The maximum Gasteiger partial charge on any atom is 0.343 e. The molecule has 9 aromatic rings. The van der Waals surface area contributed by atoms with Crippen LogP contribution in [0.4, 0.5) is 0 Å². The molecule has 0 aliphatic rings. The zero-order valence-corrected chi connectivity index (χ0v) is 80.7. The van der Waals surface area contributed by atoms with E-state index in [1.165, 1.54) is 0 Å². The van der Waals surface area contributed by atoms with Crippen LogP contribution < -0.4 is 47.4 Å². The Morgan fingerprint density at radius 3 is 0.629 bits per heavy atom. The van der Waals surface area contributed by atoms with Gasteiger partial charge in [0.2, 0.25) is 0 Å². The third kappa shape index (κ3) is 47.9. The number of esters is 12. The van der Waals surface area contributed by atoms with Crippen molar-refractivity contribution in [1.82, 2.24) is 0 Å². The Balaban J connectivity index is 0.000000292. The van der Waals surface area contributed by atoms with Crippen molar-refractivity contribution in [2.24, 2.45) is 0 Å². The van der Waals surface area contributed by atoms with E-state index >= 15 is 0 Å². The average molecular weight is 1960 g/mol. The normalized spacial score (nSPS) is 10.3. The van der Waals surface area contributed by atoms with E-state index in [2.05, 4.69) is 39.5 Å². The minimum absolute atomic E-state index is 0.175. The number of hydrogen-bond donors (Lipinski definition) is 0. The molecule has 756 valence electrons. The molecule has 0 bridgehead atoms. The van der Waals surface area contributed by atoms with Crippen molar-refractivity contribution in [1.29, 1.82) is 0 Å². The Kier molecular flexibility index (Phi) is 54.1. The minimum atomic E-state index is -0.526. The van der Waals surface area contributed by atoms with E-state index in [4.69, 9.17) is 85.3 Å². The van der Waals surface area contributed by atoms with Crippen molar-refractivity contribution >= 4 is 71.6 Å². The molecule has 0 aliphatic carbocycles. The standard InChI is InChI=1S/C40H46O10.C39H44O10.C34H34O10/c1-3-37(41)47-28-11-7-5-9-26-45-34-21-15-32(16-22-34)39(43)49-30-25-31-13-19-36(20-14-31)50-40(44)33-17-23-35(24-18-33)46-27-10-6-8-12-29-48-38(42)4-2;1-4-36(40)46-26-12-8-6-10-24-44-32-18-14-30(15-19-32)38(42)48-34-22-23-35(29(3)28-34)49-39(43)31-16-20-33(21-17-31)45-25-11-7-9-13-27-47-37(41)5-2;1-3-31(35)41-22-5-20-39-28-15-9-26(10-16-28)33(37)43-24-19-25-7-13-30(14-8-25)44-34(38)27-11-17-29(18-12-27)40-21-6-23-42-32(36)4-2/h3-4,13-24H,1-2,5-12,25-30H2;4-5,14-23,28H,1-2,6-13,24-27H2,3H3;3-4,7-18H,1-2,5-6,19-24H2. The summed E-state index contributed by atoms with van der Waals surface area (Å²) in [5.41, 5.74) is 4.78. The molecule has 0 unspecified atom stereocenters. The zero-order chi connectivity index (χ0) is 103. The fourth-order valence-corrected chi connectivity index (χ4v) is 12.6. The molecule has 0 aromatic heterocycles. The van der Waals surface area contributed by atoms with Crippen LogP contribution in [0.15, 0.2) is 288 Å². The molecule has 0 radical (unpaired) electrons. The molecule has 0 heterocycles. The zero-order valence-electron chi connectivity index (χ0n) is 80.7. The first kappa shape index (κ1) is 114. The molecular weight excluding hydrogens is 1840 g/mol. The van der Waals surface area contributed by atoms with Crippen LogP contribution in [0.3, 0.4) is 0 Å². The van der Waals surface area contributed by atoms with E-state index in [-0.39, 0.29) is 26.4 Å². The molecule has 0 spiro atoms. The summed E-state index contributed by atoms with van der Waals surface area (Å²) in [5, 5.41) is 0. The van der Waals surface area contributed by atoms with Gasteiger partial charge in [0.05, 0.1) is 126 Å². The second kappa shape index (κ2) is 68.0. The summed E-state index contributed by atoms with van der Waals surface area (Å²) in [7, 11) is 0. The maximum absolute atomic E-state index is 12.8. The van der Waals surface area contributed by atoms with Gasteiger partial charge in [-0.3, -0.25) is 0 Å². The molecule has 30 heteroatoms. The third-order valence-electron chi connectivity index (χ3n) is 20.4. The topological polar surface area (TPSA) is 371 Å². The van der Waals surface area contributed by atoms with Crippen LogP contribution in [0, 0.1) is 6.92 Å². The minimum Gasteiger partial charge on any atom is -0.494 e. The number of unbranched alkanes of at least 4 members (excludes halogenated alkanes) is 12. The highest BCUT2D eigenvalue weighted by Gasteiger charge is 2.19. The van der Waals surface area contributed by atoms with Crippen molar-refractivity contribution < 1.29 is 143 Å². The second-order valence-corrected chi connectivity index (χ2v) is 31.4. The molecule has 0 amide bonds. The van der Waals surface area contributed by atoms with E-state index in [1.807, 2.05) is 12.1 Å². The predicted molar refractivity (Wildman–Crippen MR) is 534 cm³/mol. The SMILES string of the molecule is C=CC(=O)OCCCCCCOc1ccc(C(=O)OCCc2ccc(OC(=O)c3ccc(OCCCCCCOC(=O)C=C)cc3)cc2)cc1.C=CC(=O)OCCCCCCOc1ccc(C(=O)Oc2ccc(OC(=O)c3ccc(OCCCCCCOC(=O)C=C)cc3)c(C)c2)cc1.C=CC(=O)OCCCOc1ccc(C(=O)OCCc2ccc(OC(=O)c3ccc(OCCCOC(=O)C=C)cc3)cc2)cc1. The molecule has 30 nitrogen and oxygen atoms in total. The van der Waals surface area contributed by atoms with Gasteiger partial charge in [-0.15, -0.1) is 0 Å². The number of carbonyl (C=O) groups is 12. The largest absolute Gasteiger partial charge is 0.494 e. The highest BCUT2D eigenvalue weighted by molar-refractivity contribution is 5.94. The number of ether oxygens (including phenoxy) is 18. The molecule has 9 rings (SSSR count). The van der Waals surface area contributed by atoms with Gasteiger partial charge in [-0.2, -0.15) is 0 Å². The maximum atomic E-state index is 12.8. The molecule has 9 aromatic carbocycles. The van der Waals surface area contributed by atoms with Crippen LogP contribution in [-0.2, 0) is 79.5 Å². The number of hydrogen-bond acceptors (Lipinski definition) is 30. The summed E-state index contributed by atoms with van der Waals surface area (Å²) in [4.78, 5) is 141. The summed E-state index contributed by atoms with van der Waals surface area (Å²) < 4.78 is 96.6. The van der Waals surface area contributed by atoms with Crippen LogP contribution in [0.25, 0.3) is 0 Å². The van der Waals surface area contributed by atoms with Crippen molar-refractivity contribution in [3.63, 3.8) is 0 Å². The molecule has 0 N–H and O–H groups in total. The highest BCUT2D eigenvalue weighted by atomic mass is 16.6. The Morgan fingerprint density at radius 1 is 0.196 bits per heavy atom. The average Bonchev–Trinajstić information content (AvgIpc) is 0.788. The molecule has 0 fully saturated rings. The molecule has 0 saturated heterocycles. The Morgan fingerprint density at radius 2 is 0.392 bits per heavy atom. The van der Waals surface area contributed by atoms with Gasteiger partial charge in [-0.1, -0.05) is 63.7 Å². The van der Waals surface area contributed by atoms with Gasteiger partial charge < -0.3 is 85.3 Å². The van der Waals surface area contributed by atoms with Crippen molar-refractivity contribution in [3.8, 4) is 57.5 Å².